The first-order chi connectivity index (χ1) is 7.15. The third-order valence-electron chi connectivity index (χ3n) is 3.00. The average molecular weight is 214 g/mol. The quantitative estimate of drug-likeness (QED) is 0.688. The first kappa shape index (κ1) is 12.5. The van der Waals surface area contributed by atoms with E-state index in [1.54, 1.807) is 19.0 Å². The molecule has 15 heavy (non-hydrogen) atoms. The Morgan fingerprint density at radius 2 is 2.13 bits per heavy atom. The van der Waals surface area contributed by atoms with Gasteiger partial charge >= 0.3 is 0 Å². The van der Waals surface area contributed by atoms with Gasteiger partial charge in [-0.3, -0.25) is 4.79 Å². The molecule has 4 heteroatoms. The molecule has 1 fully saturated rings. The summed E-state index contributed by atoms with van der Waals surface area (Å²) < 4.78 is 0. The summed E-state index contributed by atoms with van der Waals surface area (Å²) in [6.45, 7) is 0.957. The number of rotatable bonds is 5. The molecule has 2 N–H and O–H groups in total. The zero-order chi connectivity index (χ0) is 11.3. The van der Waals surface area contributed by atoms with Crippen LogP contribution in [0.25, 0.3) is 0 Å². The van der Waals surface area contributed by atoms with E-state index in [-0.39, 0.29) is 11.8 Å². The van der Waals surface area contributed by atoms with Crippen LogP contribution in [0, 0.1) is 5.92 Å². The Balaban J connectivity index is 2.31. The third kappa shape index (κ3) is 3.80. The minimum atomic E-state index is -0.467. The average Bonchev–Trinajstić information content (AvgIpc) is 2.69. The molecule has 0 aromatic carbocycles. The number of nitrogens with zero attached hydrogens (tertiary/aromatic N) is 1. The number of nitrogens with one attached hydrogen (secondary N) is 1. The molecule has 0 radical (unpaired) electrons. The van der Waals surface area contributed by atoms with Crippen molar-refractivity contribution in [3.8, 4) is 0 Å². The maximum atomic E-state index is 11.9. The van der Waals surface area contributed by atoms with Crippen molar-refractivity contribution in [3.63, 3.8) is 0 Å². The van der Waals surface area contributed by atoms with Crippen LogP contribution in [0.2, 0.25) is 0 Å². The first-order valence-electron chi connectivity index (χ1n) is 5.72. The van der Waals surface area contributed by atoms with Crippen molar-refractivity contribution in [2.45, 2.75) is 31.8 Å². The highest BCUT2D eigenvalue weighted by Crippen LogP contribution is 2.26. The fourth-order valence-electron chi connectivity index (χ4n) is 2.19. The third-order valence-corrected chi connectivity index (χ3v) is 3.00. The number of aliphatic hydroxyl groups is 1. The monoisotopic (exact) mass is 214 g/mol. The molecule has 0 spiro atoms. The lowest BCUT2D eigenvalue weighted by Crippen LogP contribution is -2.40. The fourth-order valence-corrected chi connectivity index (χ4v) is 2.19. The second-order valence-corrected chi connectivity index (χ2v) is 4.41. The molecule has 1 rings (SSSR count). The smallest absolute Gasteiger partial charge is 0.225 e. The van der Waals surface area contributed by atoms with E-state index < -0.39 is 6.10 Å². The molecular weight excluding hydrogens is 192 g/mol. The van der Waals surface area contributed by atoms with E-state index >= 15 is 0 Å². The number of carbonyl (C=O) groups excluding carboxylic acids is 1. The normalized spacial score (nSPS) is 19.1. The van der Waals surface area contributed by atoms with Crippen LogP contribution in [-0.4, -0.2) is 49.2 Å². The Morgan fingerprint density at radius 1 is 1.53 bits per heavy atom. The molecule has 1 aliphatic carbocycles. The van der Waals surface area contributed by atoms with Crippen molar-refractivity contribution >= 4 is 5.91 Å². The van der Waals surface area contributed by atoms with Crippen molar-refractivity contribution in [3.05, 3.63) is 0 Å². The van der Waals surface area contributed by atoms with E-state index in [0.29, 0.717) is 13.1 Å². The number of aliphatic hydroxyl groups excluding tert-OH is 1. The summed E-state index contributed by atoms with van der Waals surface area (Å²) in [6, 6.07) is 0. The van der Waals surface area contributed by atoms with Gasteiger partial charge in [-0.1, -0.05) is 12.8 Å². The van der Waals surface area contributed by atoms with Crippen molar-refractivity contribution in [1.82, 2.24) is 10.2 Å². The zero-order valence-corrected chi connectivity index (χ0v) is 9.70. The Morgan fingerprint density at radius 3 is 2.67 bits per heavy atom. The molecule has 0 heterocycles. The number of carbonyl (C=O) groups is 1. The largest absolute Gasteiger partial charge is 0.390 e. The molecule has 0 bridgehead atoms. The van der Waals surface area contributed by atoms with Crippen LogP contribution in [0.1, 0.15) is 25.7 Å². The lowest BCUT2D eigenvalue weighted by atomic mass is 10.1. The van der Waals surface area contributed by atoms with Gasteiger partial charge in [0.25, 0.3) is 0 Å². The number of hydrogen-bond acceptors (Lipinski definition) is 3. The molecule has 0 aromatic rings. The van der Waals surface area contributed by atoms with Crippen molar-refractivity contribution in [2.75, 3.05) is 27.2 Å². The Labute approximate surface area is 91.6 Å². The Kier molecular flexibility index (Phi) is 5.05. The maximum absolute atomic E-state index is 11.9. The highest BCUT2D eigenvalue weighted by atomic mass is 16.3. The van der Waals surface area contributed by atoms with Crippen molar-refractivity contribution in [1.29, 1.82) is 0 Å². The van der Waals surface area contributed by atoms with E-state index in [1.807, 2.05) is 0 Å². The second-order valence-electron chi connectivity index (χ2n) is 4.41. The molecule has 1 aliphatic rings. The molecule has 1 amide bonds. The summed E-state index contributed by atoms with van der Waals surface area (Å²) in [5.74, 6) is 0.402. The second kappa shape index (κ2) is 6.08. The summed E-state index contributed by atoms with van der Waals surface area (Å²) in [6.07, 6.45) is 3.91. The maximum Gasteiger partial charge on any atom is 0.225 e. The van der Waals surface area contributed by atoms with Gasteiger partial charge in [0.15, 0.2) is 0 Å². The number of likely N-dealkylation sites (N-methyl/N-ethyl adjacent to an activating group) is 2. The first-order valence-corrected chi connectivity index (χ1v) is 5.72. The molecule has 88 valence electrons. The van der Waals surface area contributed by atoms with Gasteiger partial charge < -0.3 is 15.3 Å². The van der Waals surface area contributed by atoms with E-state index in [1.165, 1.54) is 12.8 Å². The van der Waals surface area contributed by atoms with Crippen LogP contribution >= 0.6 is 0 Å². The highest BCUT2D eigenvalue weighted by Gasteiger charge is 2.26. The Bertz CT molecular complexity index is 203. The standard InChI is InChI=1S/C11H22N2O2/c1-12-7-10(14)8-13(2)11(15)9-5-3-4-6-9/h9-10,12,14H,3-8H2,1-2H3/t10-/m0/s1. The molecular formula is C11H22N2O2. The summed E-state index contributed by atoms with van der Waals surface area (Å²) in [5.41, 5.74) is 0. The van der Waals surface area contributed by atoms with Gasteiger partial charge in [0.2, 0.25) is 5.91 Å². The topological polar surface area (TPSA) is 52.6 Å². The molecule has 0 aromatic heterocycles. The summed E-state index contributed by atoms with van der Waals surface area (Å²) in [4.78, 5) is 13.5. The van der Waals surface area contributed by atoms with Crippen molar-refractivity contribution < 1.29 is 9.90 Å². The van der Waals surface area contributed by atoms with Gasteiger partial charge in [0.1, 0.15) is 0 Å². The molecule has 0 aliphatic heterocycles. The fraction of sp³-hybridized carbons (Fsp3) is 0.909. The van der Waals surface area contributed by atoms with Crippen LogP contribution in [-0.2, 0) is 4.79 Å². The van der Waals surface area contributed by atoms with Gasteiger partial charge in [-0.25, -0.2) is 0 Å². The van der Waals surface area contributed by atoms with Crippen molar-refractivity contribution in [2.24, 2.45) is 5.92 Å². The molecule has 0 saturated heterocycles. The van der Waals surface area contributed by atoms with E-state index in [0.717, 1.165) is 12.8 Å². The van der Waals surface area contributed by atoms with E-state index in [9.17, 15) is 9.90 Å². The van der Waals surface area contributed by atoms with Gasteiger partial charge in [-0.15, -0.1) is 0 Å². The predicted octanol–water partition coefficient (Wildman–Crippen LogP) is 0.215. The van der Waals surface area contributed by atoms with Gasteiger partial charge in [-0.05, 0) is 19.9 Å². The minimum absolute atomic E-state index is 0.197. The van der Waals surface area contributed by atoms with E-state index in [4.69, 9.17) is 0 Å². The van der Waals surface area contributed by atoms with Gasteiger partial charge in [0, 0.05) is 26.1 Å². The number of amides is 1. The number of hydrogen-bond donors (Lipinski definition) is 2. The van der Waals surface area contributed by atoms with Crippen LogP contribution in [0.3, 0.4) is 0 Å². The molecule has 1 atom stereocenters. The van der Waals surface area contributed by atoms with Crippen LogP contribution in [0.15, 0.2) is 0 Å². The molecule has 1 saturated carbocycles. The zero-order valence-electron chi connectivity index (χ0n) is 9.70. The van der Waals surface area contributed by atoms with Crippen LogP contribution in [0.4, 0.5) is 0 Å². The van der Waals surface area contributed by atoms with E-state index in [2.05, 4.69) is 5.32 Å². The van der Waals surface area contributed by atoms with Gasteiger partial charge in [0.05, 0.1) is 6.10 Å². The van der Waals surface area contributed by atoms with Crippen LogP contribution < -0.4 is 5.32 Å². The summed E-state index contributed by atoms with van der Waals surface area (Å²) in [5, 5.41) is 12.4. The molecule has 4 nitrogen and oxygen atoms in total. The van der Waals surface area contributed by atoms with Crippen LogP contribution in [0.5, 0.6) is 0 Å². The lowest BCUT2D eigenvalue weighted by molar-refractivity contribution is -0.135. The van der Waals surface area contributed by atoms with Gasteiger partial charge in [-0.2, -0.15) is 0 Å². The highest BCUT2D eigenvalue weighted by molar-refractivity contribution is 5.78. The minimum Gasteiger partial charge on any atom is -0.390 e. The lowest BCUT2D eigenvalue weighted by Gasteiger charge is -2.23. The summed E-state index contributed by atoms with van der Waals surface area (Å²) >= 11 is 0. The molecule has 0 unspecified atom stereocenters. The SMILES string of the molecule is CNC[C@H](O)CN(C)C(=O)C1CCCC1. The Hall–Kier alpha value is -0.610. The summed E-state index contributed by atoms with van der Waals surface area (Å²) in [7, 11) is 3.57. The predicted molar refractivity (Wildman–Crippen MR) is 59.5 cm³/mol.